The minimum atomic E-state index is -5.00. The van der Waals surface area contributed by atoms with Gasteiger partial charge < -0.3 is 9.84 Å². The number of amides is 2. The van der Waals surface area contributed by atoms with E-state index in [9.17, 15) is 37.6 Å². The molecule has 0 bridgehead atoms. The average molecular weight is 491 g/mol. The normalized spacial score (nSPS) is 23.9. The van der Waals surface area contributed by atoms with Crippen LogP contribution in [0, 0.1) is 15.9 Å². The third-order valence-electron chi connectivity index (χ3n) is 4.99. The van der Waals surface area contributed by atoms with Crippen molar-refractivity contribution in [3.63, 3.8) is 0 Å². The molecule has 1 aromatic rings. The molecule has 14 heteroatoms. The molecular weight excluding hydrogens is 468 g/mol. The van der Waals surface area contributed by atoms with Crippen LogP contribution in [0.4, 0.5) is 24.1 Å². The Bertz CT molecular complexity index is 1160. The predicted octanol–water partition coefficient (Wildman–Crippen LogP) is 3.77. The quantitative estimate of drug-likeness (QED) is 0.484. The molecule has 33 heavy (non-hydrogen) atoms. The van der Waals surface area contributed by atoms with Crippen LogP contribution in [-0.4, -0.2) is 57.2 Å². The van der Waals surface area contributed by atoms with Gasteiger partial charge in [-0.2, -0.15) is 4.90 Å². The van der Waals surface area contributed by atoms with Gasteiger partial charge in [0.15, 0.2) is 9.84 Å². The van der Waals surface area contributed by atoms with E-state index >= 15 is 4.39 Å². The number of carbonyl (C=O) groups is 2. The van der Waals surface area contributed by atoms with Crippen molar-refractivity contribution in [1.82, 2.24) is 4.90 Å². The summed E-state index contributed by atoms with van der Waals surface area (Å²) in [5, 5.41) is 20.8. The smallest absolute Gasteiger partial charge is 0.425 e. The van der Waals surface area contributed by atoms with Crippen LogP contribution >= 0.6 is 0 Å². The van der Waals surface area contributed by atoms with Gasteiger partial charge in [-0.1, -0.05) is 0 Å². The average Bonchev–Trinajstić information content (AvgIpc) is 2.63. The van der Waals surface area contributed by atoms with E-state index in [1.54, 1.807) is 0 Å². The number of carboxylic acid groups (broad SMARTS) is 1. The van der Waals surface area contributed by atoms with E-state index in [1.807, 2.05) is 0 Å². The van der Waals surface area contributed by atoms with Gasteiger partial charge in [0, 0.05) is 17.7 Å². The molecule has 0 saturated heterocycles. The van der Waals surface area contributed by atoms with Crippen molar-refractivity contribution < 1.29 is 41.6 Å². The molecule has 0 aliphatic carbocycles. The summed E-state index contributed by atoms with van der Waals surface area (Å²) in [6.45, 7) is 6.97. The Morgan fingerprint density at radius 1 is 1.27 bits per heavy atom. The van der Waals surface area contributed by atoms with Crippen molar-refractivity contribution in [2.45, 2.75) is 62.9 Å². The number of aliphatic imine (C=N–C) groups is 1. The van der Waals surface area contributed by atoms with Crippen LogP contribution in [0.25, 0.3) is 0 Å². The Kier molecular flexibility index (Phi) is 6.33. The highest BCUT2D eigenvalue weighted by Gasteiger charge is 2.61. The number of non-ortho nitro benzene ring substituents is 1. The van der Waals surface area contributed by atoms with E-state index in [0.717, 1.165) is 26.8 Å². The predicted molar refractivity (Wildman–Crippen MR) is 112 cm³/mol. The van der Waals surface area contributed by atoms with Gasteiger partial charge in [0.05, 0.1) is 4.92 Å². The zero-order valence-corrected chi connectivity index (χ0v) is 19.4. The van der Waals surface area contributed by atoms with Gasteiger partial charge in [-0.3, -0.25) is 15.1 Å². The fourth-order valence-corrected chi connectivity index (χ4v) is 4.87. The first-order chi connectivity index (χ1) is 14.8. The van der Waals surface area contributed by atoms with E-state index < -0.39 is 71.2 Å². The molecule has 2 rings (SSSR count). The van der Waals surface area contributed by atoms with E-state index in [1.165, 1.54) is 20.8 Å². The molecule has 11 nitrogen and oxygen atoms in total. The van der Waals surface area contributed by atoms with Gasteiger partial charge in [-0.05, 0) is 47.6 Å². The molecule has 1 aliphatic rings. The van der Waals surface area contributed by atoms with Crippen molar-refractivity contribution in [2.75, 3.05) is 0 Å². The summed E-state index contributed by atoms with van der Waals surface area (Å²) in [4.78, 5) is 38.6. The van der Waals surface area contributed by atoms with Gasteiger partial charge in [-0.15, -0.1) is 0 Å². The number of carbonyl (C=O) groups excluding carboxylic acids is 1. The summed E-state index contributed by atoms with van der Waals surface area (Å²) >= 11 is 0. The minimum Gasteiger partial charge on any atom is -0.464 e. The van der Waals surface area contributed by atoms with Crippen molar-refractivity contribution in [2.24, 2.45) is 4.99 Å². The number of nitrogens with zero attached hydrogens (tertiary/aromatic N) is 3. The standard InChI is InChI=1S/C19H23F2N3O8S/c1-17(2,3)32-16(27)23(15(25)26)14-18(4,5)33(30,31)13(21)19(6,22-14)11-9-10(24(28)29)7-8-12(11)20/h7-9,13H,1-6H3,(H,25,26). The monoisotopic (exact) mass is 491 g/mol. The molecule has 0 saturated carbocycles. The second kappa shape index (κ2) is 8.01. The Labute approximate surface area is 188 Å². The molecule has 1 heterocycles. The highest BCUT2D eigenvalue weighted by atomic mass is 32.2. The number of nitro benzene ring substituents is 1. The van der Waals surface area contributed by atoms with Crippen LogP contribution in [0.3, 0.4) is 0 Å². The number of ether oxygens (including phenoxy) is 1. The van der Waals surface area contributed by atoms with Gasteiger partial charge in [0.1, 0.15) is 27.5 Å². The summed E-state index contributed by atoms with van der Waals surface area (Å²) in [6.07, 6.45) is -3.50. The Balaban J connectivity index is 2.91. The molecule has 2 atom stereocenters. The maximum absolute atomic E-state index is 15.5. The van der Waals surface area contributed by atoms with Crippen molar-refractivity contribution >= 4 is 33.5 Å². The number of nitro groups is 1. The number of benzene rings is 1. The van der Waals surface area contributed by atoms with Crippen LogP contribution in [0.1, 0.15) is 47.1 Å². The van der Waals surface area contributed by atoms with Crippen molar-refractivity contribution in [1.29, 1.82) is 0 Å². The number of amidine groups is 1. The zero-order valence-electron chi connectivity index (χ0n) is 18.6. The summed E-state index contributed by atoms with van der Waals surface area (Å²) in [5.41, 5.74) is -8.29. The molecule has 0 radical (unpaired) electrons. The van der Waals surface area contributed by atoms with Gasteiger partial charge in [0.2, 0.25) is 5.50 Å². The fourth-order valence-electron chi connectivity index (χ4n) is 3.17. The summed E-state index contributed by atoms with van der Waals surface area (Å²) < 4.78 is 59.1. The summed E-state index contributed by atoms with van der Waals surface area (Å²) in [7, 11) is -5.00. The van der Waals surface area contributed by atoms with Gasteiger partial charge >= 0.3 is 12.2 Å². The molecule has 0 fully saturated rings. The van der Waals surface area contributed by atoms with E-state index in [4.69, 9.17) is 4.74 Å². The van der Waals surface area contributed by atoms with E-state index in [0.29, 0.717) is 12.1 Å². The van der Waals surface area contributed by atoms with Gasteiger partial charge in [-0.25, -0.2) is 26.8 Å². The van der Waals surface area contributed by atoms with Crippen LogP contribution in [0.2, 0.25) is 0 Å². The van der Waals surface area contributed by atoms with Crippen LogP contribution in [0.5, 0.6) is 0 Å². The number of halogens is 2. The SMILES string of the molecule is CC(C)(C)OC(=O)N(C(=O)O)C1=NC(C)(c2cc([N+](=O)[O-])ccc2F)C(F)S(=O)(=O)C1(C)C. The van der Waals surface area contributed by atoms with E-state index in [-0.39, 0.29) is 4.90 Å². The van der Waals surface area contributed by atoms with Crippen LogP contribution < -0.4 is 0 Å². The van der Waals surface area contributed by atoms with E-state index in [2.05, 4.69) is 4.99 Å². The van der Waals surface area contributed by atoms with Crippen molar-refractivity contribution in [3.8, 4) is 0 Å². The lowest BCUT2D eigenvalue weighted by Gasteiger charge is -2.43. The Hall–Kier alpha value is -3.16. The number of alkyl halides is 1. The molecule has 2 unspecified atom stereocenters. The largest absolute Gasteiger partial charge is 0.464 e. The minimum absolute atomic E-state index is 0.0951. The number of hydrogen-bond donors (Lipinski definition) is 1. The number of hydrogen-bond acceptors (Lipinski definition) is 8. The molecule has 1 aliphatic heterocycles. The molecule has 0 aromatic heterocycles. The maximum Gasteiger partial charge on any atom is 0.425 e. The Morgan fingerprint density at radius 3 is 2.27 bits per heavy atom. The lowest BCUT2D eigenvalue weighted by molar-refractivity contribution is -0.385. The highest BCUT2D eigenvalue weighted by Crippen LogP contribution is 2.45. The summed E-state index contributed by atoms with van der Waals surface area (Å²) in [6, 6.07) is 2.02. The maximum atomic E-state index is 15.5. The summed E-state index contributed by atoms with van der Waals surface area (Å²) in [5.74, 6) is -2.17. The molecule has 1 N–H and O–H groups in total. The topological polar surface area (TPSA) is 156 Å². The first-order valence-electron chi connectivity index (χ1n) is 9.45. The first-order valence-corrected chi connectivity index (χ1v) is 11.0. The molecular formula is C19H23F2N3O8S. The zero-order chi connectivity index (χ0) is 25.7. The van der Waals surface area contributed by atoms with Crippen LogP contribution in [-0.2, 0) is 20.1 Å². The number of sulfone groups is 1. The molecule has 0 spiro atoms. The second-order valence-corrected chi connectivity index (χ2v) is 11.5. The molecule has 2 amide bonds. The highest BCUT2D eigenvalue weighted by molar-refractivity contribution is 7.94. The molecule has 182 valence electrons. The first kappa shape index (κ1) is 26.1. The third-order valence-corrected chi connectivity index (χ3v) is 7.60. The lowest BCUT2D eigenvalue weighted by Crippen LogP contribution is -2.62. The van der Waals surface area contributed by atoms with Crippen LogP contribution in [0.15, 0.2) is 23.2 Å². The van der Waals surface area contributed by atoms with Gasteiger partial charge in [0.25, 0.3) is 5.69 Å². The Morgan fingerprint density at radius 2 is 1.82 bits per heavy atom. The number of imide groups is 1. The fraction of sp³-hybridized carbons (Fsp3) is 0.526. The van der Waals surface area contributed by atoms with Crippen molar-refractivity contribution in [3.05, 3.63) is 39.7 Å². The molecule has 1 aromatic carbocycles. The third kappa shape index (κ3) is 4.38. The lowest BCUT2D eigenvalue weighted by atomic mass is 9.91. The second-order valence-electron chi connectivity index (χ2n) is 8.97. The number of rotatable bonds is 2.